The highest BCUT2D eigenvalue weighted by Crippen LogP contribution is 2.57. The lowest BCUT2D eigenvalue weighted by atomic mass is 9.62. The number of hydrogen-bond acceptors (Lipinski definition) is 7. The fourth-order valence-corrected chi connectivity index (χ4v) is 6.60. The number of aromatic nitrogens is 1. The maximum Gasteiger partial charge on any atom is 0.337 e. The van der Waals surface area contributed by atoms with E-state index >= 15 is 4.39 Å². The summed E-state index contributed by atoms with van der Waals surface area (Å²) in [5.41, 5.74) is 0.855. The zero-order chi connectivity index (χ0) is 31.3. The van der Waals surface area contributed by atoms with Gasteiger partial charge in [-0.3, -0.25) is 14.6 Å². The molecule has 9 nitrogen and oxygen atoms in total. The minimum absolute atomic E-state index is 0.119. The number of methoxy groups -OCH3 is 2. The number of hydrogen-bond donors (Lipinski definition) is 3. The zero-order valence-corrected chi connectivity index (χ0v) is 25.6. The van der Waals surface area contributed by atoms with Gasteiger partial charge in [0.1, 0.15) is 17.0 Å². The molecule has 2 aromatic carbocycles. The van der Waals surface area contributed by atoms with Crippen LogP contribution in [0.25, 0.3) is 0 Å². The summed E-state index contributed by atoms with van der Waals surface area (Å²) in [7, 11) is 2.68. The molecule has 1 aromatic heterocycles. The molecule has 0 bridgehead atoms. The normalized spacial score (nSPS) is 22.7. The van der Waals surface area contributed by atoms with Gasteiger partial charge in [0, 0.05) is 35.1 Å². The number of carbonyl (C=O) groups excluding carboxylic acids is 3. The number of fused-ring (bicyclic) bond motifs is 2. The van der Waals surface area contributed by atoms with Crippen LogP contribution < -0.4 is 20.7 Å². The highest BCUT2D eigenvalue weighted by molar-refractivity contribution is 6.30. The second-order valence-corrected chi connectivity index (χ2v) is 12.6. The lowest BCUT2D eigenvalue weighted by Gasteiger charge is -2.37. The summed E-state index contributed by atoms with van der Waals surface area (Å²) in [6.07, 6.45) is 2.12. The molecule has 0 aliphatic carbocycles. The third-order valence-electron chi connectivity index (χ3n) is 8.16. The van der Waals surface area contributed by atoms with Gasteiger partial charge in [0.2, 0.25) is 11.8 Å². The third-order valence-corrected chi connectivity index (χ3v) is 8.45. The van der Waals surface area contributed by atoms with Crippen LogP contribution in [0, 0.1) is 18.2 Å². The van der Waals surface area contributed by atoms with Crippen molar-refractivity contribution in [1.29, 1.82) is 0 Å². The third kappa shape index (κ3) is 5.23. The number of benzene rings is 2. The van der Waals surface area contributed by atoms with Crippen LogP contribution in [-0.2, 0) is 19.7 Å². The predicted octanol–water partition coefficient (Wildman–Crippen LogP) is 5.37. The summed E-state index contributed by atoms with van der Waals surface area (Å²) in [4.78, 5) is 45.1. The number of anilines is 2. The summed E-state index contributed by atoms with van der Waals surface area (Å²) in [6, 6.07) is 9.20. The van der Waals surface area contributed by atoms with E-state index in [9.17, 15) is 14.4 Å². The number of nitrogens with one attached hydrogen (secondary N) is 3. The lowest BCUT2D eigenvalue weighted by Crippen LogP contribution is -2.49. The molecule has 226 valence electrons. The van der Waals surface area contributed by atoms with Gasteiger partial charge in [-0.1, -0.05) is 44.5 Å². The molecule has 3 aromatic rings. The Kier molecular flexibility index (Phi) is 7.96. The molecule has 0 unspecified atom stereocenters. The van der Waals surface area contributed by atoms with E-state index in [0.29, 0.717) is 23.4 Å². The molecule has 3 heterocycles. The molecule has 0 saturated carbocycles. The standard InChI is InChI=1S/C32H34ClFN4O5/c1-16-12-22-19(15-35-16)32(30(41)37-22)24(14-31(2,3)4)38-27(25(32)18-8-7-9-20(33)26(18)34)28(39)36-21-11-10-17(29(40)43-6)13-23(21)42-5/h7-13,15,24-25,27,38H,14H2,1-6H3,(H,36,39)(H,37,41)/t24-,25-,27+,32+/m0/s1. The van der Waals surface area contributed by atoms with Crippen molar-refractivity contribution in [2.75, 3.05) is 24.9 Å². The molecule has 4 atom stereocenters. The first-order valence-corrected chi connectivity index (χ1v) is 14.3. The number of pyridine rings is 1. The number of halogens is 2. The second-order valence-electron chi connectivity index (χ2n) is 12.2. The molecular weight excluding hydrogens is 575 g/mol. The maximum absolute atomic E-state index is 16.0. The van der Waals surface area contributed by atoms with Crippen molar-refractivity contribution >= 4 is 40.8 Å². The van der Waals surface area contributed by atoms with Gasteiger partial charge in [0.25, 0.3) is 0 Å². The molecule has 1 saturated heterocycles. The average Bonchev–Trinajstić information content (AvgIpc) is 3.43. The molecule has 43 heavy (non-hydrogen) atoms. The summed E-state index contributed by atoms with van der Waals surface area (Å²) in [6.45, 7) is 7.94. The van der Waals surface area contributed by atoms with Gasteiger partial charge in [-0.2, -0.15) is 0 Å². The first-order valence-electron chi connectivity index (χ1n) is 13.9. The molecule has 2 amide bonds. The van der Waals surface area contributed by atoms with Crippen molar-refractivity contribution in [3.63, 3.8) is 0 Å². The van der Waals surface area contributed by atoms with Crippen molar-refractivity contribution in [2.45, 2.75) is 57.5 Å². The molecule has 3 N–H and O–H groups in total. The molecule has 5 rings (SSSR count). The highest BCUT2D eigenvalue weighted by atomic mass is 35.5. The molecule has 2 aliphatic heterocycles. The number of amides is 2. The minimum atomic E-state index is -1.39. The topological polar surface area (TPSA) is 119 Å². The van der Waals surface area contributed by atoms with E-state index in [0.717, 1.165) is 0 Å². The Morgan fingerprint density at radius 3 is 2.58 bits per heavy atom. The lowest BCUT2D eigenvalue weighted by molar-refractivity contribution is -0.122. The van der Waals surface area contributed by atoms with Crippen LogP contribution in [0.5, 0.6) is 5.75 Å². The number of esters is 1. The fourth-order valence-electron chi connectivity index (χ4n) is 6.41. The van der Waals surface area contributed by atoms with E-state index < -0.39 is 41.1 Å². The molecule has 2 aliphatic rings. The fraction of sp³-hybridized carbons (Fsp3) is 0.375. The monoisotopic (exact) mass is 608 g/mol. The van der Waals surface area contributed by atoms with Gasteiger partial charge < -0.3 is 25.4 Å². The van der Waals surface area contributed by atoms with Gasteiger partial charge >= 0.3 is 5.97 Å². The van der Waals surface area contributed by atoms with Crippen LogP contribution in [0.2, 0.25) is 5.02 Å². The quantitative estimate of drug-likeness (QED) is 0.322. The predicted molar refractivity (Wildman–Crippen MR) is 161 cm³/mol. The highest BCUT2D eigenvalue weighted by Gasteiger charge is 2.66. The Hall–Kier alpha value is -4.02. The molecule has 11 heteroatoms. The Labute approximate surface area is 254 Å². The maximum atomic E-state index is 16.0. The van der Waals surface area contributed by atoms with Crippen LogP contribution in [0.3, 0.4) is 0 Å². The van der Waals surface area contributed by atoms with Crippen molar-refractivity contribution in [1.82, 2.24) is 10.3 Å². The summed E-state index contributed by atoms with van der Waals surface area (Å²) >= 11 is 6.27. The zero-order valence-electron chi connectivity index (χ0n) is 24.8. The van der Waals surface area contributed by atoms with Crippen LogP contribution in [0.4, 0.5) is 15.8 Å². The first kappa shape index (κ1) is 30.4. The van der Waals surface area contributed by atoms with Gasteiger partial charge in [0.05, 0.1) is 36.5 Å². The van der Waals surface area contributed by atoms with Crippen LogP contribution >= 0.6 is 11.6 Å². The average molecular weight is 609 g/mol. The largest absolute Gasteiger partial charge is 0.495 e. The number of aryl methyl sites for hydroxylation is 1. The number of nitrogens with zero attached hydrogens (tertiary/aromatic N) is 1. The first-order chi connectivity index (χ1) is 20.3. The molecular formula is C32H34ClFN4O5. The number of ether oxygens (including phenoxy) is 2. The van der Waals surface area contributed by atoms with Gasteiger partial charge in [-0.25, -0.2) is 9.18 Å². The Balaban J connectivity index is 1.68. The second kappa shape index (κ2) is 11.2. The van der Waals surface area contributed by atoms with Gasteiger partial charge in [-0.15, -0.1) is 0 Å². The minimum Gasteiger partial charge on any atom is -0.495 e. The van der Waals surface area contributed by atoms with E-state index in [2.05, 4.69) is 20.9 Å². The van der Waals surface area contributed by atoms with Gasteiger partial charge in [0.15, 0.2) is 0 Å². The van der Waals surface area contributed by atoms with Crippen molar-refractivity contribution < 1.29 is 28.2 Å². The van der Waals surface area contributed by atoms with Crippen molar-refractivity contribution in [3.8, 4) is 5.75 Å². The van der Waals surface area contributed by atoms with E-state index in [-0.39, 0.29) is 38.9 Å². The van der Waals surface area contributed by atoms with E-state index in [4.69, 9.17) is 21.1 Å². The van der Waals surface area contributed by atoms with E-state index in [1.54, 1.807) is 24.4 Å². The molecule has 0 radical (unpaired) electrons. The van der Waals surface area contributed by atoms with Crippen LogP contribution in [0.1, 0.15) is 60.3 Å². The van der Waals surface area contributed by atoms with Gasteiger partial charge in [-0.05, 0) is 54.7 Å². The summed E-state index contributed by atoms with van der Waals surface area (Å²) in [5.74, 6) is -2.92. The van der Waals surface area contributed by atoms with Crippen LogP contribution in [-0.4, -0.2) is 49.1 Å². The van der Waals surface area contributed by atoms with Crippen molar-refractivity contribution in [3.05, 3.63) is 81.9 Å². The SMILES string of the molecule is COC(=O)c1ccc(NC(=O)[C@@H]2N[C@@H](CC(C)(C)C)[C@@]3(C(=O)Nc4cc(C)ncc43)[C@H]2c2cccc(Cl)c2F)c(OC)c1. The summed E-state index contributed by atoms with van der Waals surface area (Å²) < 4.78 is 26.2. The number of rotatable bonds is 6. The Morgan fingerprint density at radius 1 is 1.16 bits per heavy atom. The van der Waals surface area contributed by atoms with E-state index in [1.807, 2.05) is 27.7 Å². The smallest absolute Gasteiger partial charge is 0.337 e. The van der Waals surface area contributed by atoms with Crippen LogP contribution in [0.15, 0.2) is 48.7 Å². The summed E-state index contributed by atoms with van der Waals surface area (Å²) in [5, 5.41) is 9.19. The number of carbonyl (C=O) groups is 3. The van der Waals surface area contributed by atoms with Crippen molar-refractivity contribution in [2.24, 2.45) is 5.41 Å². The Morgan fingerprint density at radius 2 is 1.91 bits per heavy atom. The molecule has 1 fully saturated rings. The molecule has 1 spiro atoms. The Bertz CT molecular complexity index is 1620. The van der Waals surface area contributed by atoms with E-state index in [1.165, 1.54) is 38.5 Å².